The van der Waals surface area contributed by atoms with Gasteiger partial charge < -0.3 is 5.32 Å². The normalized spacial score (nSPS) is 11.4. The summed E-state index contributed by atoms with van der Waals surface area (Å²) >= 11 is 8.55. The molecule has 0 atom stereocenters. The van der Waals surface area contributed by atoms with E-state index in [2.05, 4.69) is 25.5 Å². The molecule has 0 radical (unpaired) electrons. The third kappa shape index (κ3) is 6.43. The minimum absolute atomic E-state index is 0.235. The highest BCUT2D eigenvalue weighted by atomic mass is 35.5. The van der Waals surface area contributed by atoms with Crippen molar-refractivity contribution in [3.63, 3.8) is 0 Å². The van der Waals surface area contributed by atoms with Gasteiger partial charge in [-0.05, 0) is 29.5 Å². The smallest absolute Gasteiger partial charge is 0.315 e. The van der Waals surface area contributed by atoms with Gasteiger partial charge in [0.15, 0.2) is 5.16 Å². The molecule has 0 aliphatic carbocycles. The van der Waals surface area contributed by atoms with E-state index in [0.717, 1.165) is 4.90 Å². The Balaban J connectivity index is 1.65. The molecule has 2 heterocycles. The maximum Gasteiger partial charge on any atom is 0.395 e. The van der Waals surface area contributed by atoms with Crippen molar-refractivity contribution in [3.8, 4) is 0 Å². The predicted molar refractivity (Wildman–Crippen MR) is 100 cm³/mol. The molecule has 1 N–H and O–H groups in total. The molecular formula is C16H11ClF3N5OS2. The van der Waals surface area contributed by atoms with E-state index in [1.807, 2.05) is 0 Å². The Bertz CT molecular complexity index is 952. The van der Waals surface area contributed by atoms with Crippen molar-refractivity contribution in [2.24, 2.45) is 0 Å². The van der Waals surface area contributed by atoms with E-state index in [4.69, 9.17) is 11.6 Å². The van der Waals surface area contributed by atoms with Crippen LogP contribution in [0.2, 0.25) is 5.15 Å². The lowest BCUT2D eigenvalue weighted by molar-refractivity contribution is -0.151. The van der Waals surface area contributed by atoms with Gasteiger partial charge >= 0.3 is 6.18 Å². The van der Waals surface area contributed by atoms with Crippen LogP contribution in [0.4, 0.5) is 24.1 Å². The number of Topliss-reactive ketones (excluding diaryl/α,β-unsaturated/α-hetero) is 1. The molecule has 0 spiro atoms. The van der Waals surface area contributed by atoms with Crippen LogP contribution in [0.15, 0.2) is 45.9 Å². The minimum atomic E-state index is -4.49. The van der Waals surface area contributed by atoms with Crippen LogP contribution in [0.1, 0.15) is 12.0 Å². The summed E-state index contributed by atoms with van der Waals surface area (Å²) in [6.07, 6.45) is -6.19. The van der Waals surface area contributed by atoms with E-state index >= 15 is 0 Å². The Hall–Kier alpha value is -2.24. The number of nitrogens with zero attached hydrogens (tertiary/aromatic N) is 4. The zero-order chi connectivity index (χ0) is 20.1. The van der Waals surface area contributed by atoms with Crippen molar-refractivity contribution in [3.05, 3.63) is 46.6 Å². The van der Waals surface area contributed by atoms with Crippen LogP contribution in [0.5, 0.6) is 0 Å². The molecule has 0 fully saturated rings. The molecule has 0 aliphatic heterocycles. The van der Waals surface area contributed by atoms with E-state index in [9.17, 15) is 18.0 Å². The van der Waals surface area contributed by atoms with Crippen LogP contribution in [-0.2, 0) is 11.2 Å². The first-order valence-corrected chi connectivity index (χ1v) is 9.77. The second-order valence-corrected chi connectivity index (χ2v) is 7.74. The zero-order valence-corrected chi connectivity index (χ0v) is 16.3. The predicted octanol–water partition coefficient (Wildman–Crippen LogP) is 4.94. The van der Waals surface area contributed by atoms with Gasteiger partial charge in [0.1, 0.15) is 28.7 Å². The van der Waals surface area contributed by atoms with Gasteiger partial charge in [0.25, 0.3) is 0 Å². The summed E-state index contributed by atoms with van der Waals surface area (Å²) in [5.74, 6) is -0.424. The number of halogens is 4. The summed E-state index contributed by atoms with van der Waals surface area (Å²) in [5.41, 5.74) is 2.08. The number of carbonyl (C=O) groups excluding carboxylic acids is 1. The lowest BCUT2D eigenvalue weighted by Gasteiger charge is -2.07. The summed E-state index contributed by atoms with van der Waals surface area (Å²) in [5, 5.41) is 11.7. The highest BCUT2D eigenvalue weighted by Gasteiger charge is 2.30. The quantitative estimate of drug-likeness (QED) is 0.407. The standard InChI is InChI=1S/C16H11ClF3N5OS2/c17-12-6-13(24-15-25-21-8-27-15)23-14(22-12)28-11-3-1-9(2-4-11)5-10(26)7-16(18,19)20/h1-4,6,8H,5,7H2,(H,22,23,24,25). The van der Waals surface area contributed by atoms with Gasteiger partial charge in [0.2, 0.25) is 5.13 Å². The van der Waals surface area contributed by atoms with Gasteiger partial charge in [0.05, 0.1) is 0 Å². The third-order valence-electron chi connectivity index (χ3n) is 3.20. The molecule has 3 aromatic rings. The van der Waals surface area contributed by atoms with Crippen LogP contribution < -0.4 is 5.32 Å². The van der Waals surface area contributed by atoms with Gasteiger partial charge in [0, 0.05) is 17.4 Å². The average Bonchev–Trinajstić information content (AvgIpc) is 3.07. The summed E-state index contributed by atoms with van der Waals surface area (Å²) in [7, 11) is 0. The fourth-order valence-corrected chi connectivity index (χ4v) is 3.59. The summed E-state index contributed by atoms with van der Waals surface area (Å²) in [4.78, 5) is 20.6. The molecule has 28 heavy (non-hydrogen) atoms. The number of hydrogen-bond acceptors (Lipinski definition) is 8. The number of hydrogen-bond donors (Lipinski definition) is 1. The third-order valence-corrected chi connectivity index (χ3v) is 4.87. The Morgan fingerprint density at radius 2 is 1.96 bits per heavy atom. The van der Waals surface area contributed by atoms with Gasteiger partial charge in [-0.3, -0.25) is 4.79 Å². The first-order valence-electron chi connectivity index (χ1n) is 7.70. The largest absolute Gasteiger partial charge is 0.395 e. The first-order chi connectivity index (χ1) is 13.3. The fraction of sp³-hybridized carbons (Fsp3) is 0.188. The fourth-order valence-electron chi connectivity index (χ4n) is 2.14. The molecule has 2 aromatic heterocycles. The lowest BCUT2D eigenvalue weighted by Crippen LogP contribution is -2.16. The second-order valence-electron chi connectivity index (χ2n) is 5.48. The van der Waals surface area contributed by atoms with E-state index < -0.39 is 18.4 Å². The monoisotopic (exact) mass is 445 g/mol. The summed E-state index contributed by atoms with van der Waals surface area (Å²) in [6.45, 7) is 0. The van der Waals surface area contributed by atoms with E-state index in [1.165, 1.54) is 23.1 Å². The van der Waals surface area contributed by atoms with Gasteiger partial charge in [-0.2, -0.15) is 13.2 Å². The topological polar surface area (TPSA) is 80.7 Å². The molecule has 0 bridgehead atoms. The number of anilines is 2. The first kappa shape index (κ1) is 20.5. The zero-order valence-electron chi connectivity index (χ0n) is 13.9. The molecular weight excluding hydrogens is 435 g/mol. The highest BCUT2D eigenvalue weighted by Crippen LogP contribution is 2.28. The van der Waals surface area contributed by atoms with E-state index in [0.29, 0.717) is 21.7 Å². The molecule has 3 rings (SSSR count). The highest BCUT2D eigenvalue weighted by molar-refractivity contribution is 7.99. The van der Waals surface area contributed by atoms with Crippen molar-refractivity contribution in [2.75, 3.05) is 5.32 Å². The molecule has 0 saturated carbocycles. The van der Waals surface area contributed by atoms with Gasteiger partial charge in [-0.15, -0.1) is 10.2 Å². The van der Waals surface area contributed by atoms with Crippen LogP contribution in [-0.4, -0.2) is 32.1 Å². The number of nitrogens with one attached hydrogen (secondary N) is 1. The van der Waals surface area contributed by atoms with Gasteiger partial charge in [-0.1, -0.05) is 35.1 Å². The Morgan fingerprint density at radius 3 is 2.61 bits per heavy atom. The molecule has 0 unspecified atom stereocenters. The maximum absolute atomic E-state index is 12.2. The Morgan fingerprint density at radius 1 is 1.21 bits per heavy atom. The molecule has 1 aromatic carbocycles. The van der Waals surface area contributed by atoms with Crippen molar-refractivity contribution >= 4 is 51.4 Å². The lowest BCUT2D eigenvalue weighted by atomic mass is 10.1. The number of carbonyl (C=O) groups is 1. The van der Waals surface area contributed by atoms with Gasteiger partial charge in [-0.25, -0.2) is 9.97 Å². The molecule has 12 heteroatoms. The van der Waals surface area contributed by atoms with Crippen LogP contribution in [0.3, 0.4) is 0 Å². The number of aromatic nitrogens is 4. The van der Waals surface area contributed by atoms with Crippen LogP contribution >= 0.6 is 34.7 Å². The maximum atomic E-state index is 12.2. The average molecular weight is 446 g/mol. The van der Waals surface area contributed by atoms with Crippen molar-refractivity contribution in [1.82, 2.24) is 20.2 Å². The van der Waals surface area contributed by atoms with Crippen molar-refractivity contribution in [2.45, 2.75) is 29.1 Å². The summed E-state index contributed by atoms with van der Waals surface area (Å²) < 4.78 is 36.7. The minimum Gasteiger partial charge on any atom is -0.315 e. The molecule has 0 amide bonds. The molecule has 0 saturated heterocycles. The molecule has 146 valence electrons. The number of ketones is 1. The second kappa shape index (κ2) is 8.84. The van der Waals surface area contributed by atoms with Crippen LogP contribution in [0, 0.1) is 0 Å². The number of rotatable bonds is 7. The Labute approximate surface area is 170 Å². The number of alkyl halides is 3. The molecule has 6 nitrogen and oxygen atoms in total. The summed E-state index contributed by atoms with van der Waals surface area (Å²) in [6, 6.07) is 8.11. The van der Waals surface area contributed by atoms with E-state index in [-0.39, 0.29) is 11.6 Å². The molecule has 0 aliphatic rings. The van der Waals surface area contributed by atoms with Crippen LogP contribution in [0.25, 0.3) is 0 Å². The number of benzene rings is 1. The Kier molecular flexibility index (Phi) is 6.47. The SMILES string of the molecule is O=C(Cc1ccc(Sc2nc(Cl)cc(Nc3nncs3)n2)cc1)CC(F)(F)F. The van der Waals surface area contributed by atoms with Crippen molar-refractivity contribution < 1.29 is 18.0 Å². The van der Waals surface area contributed by atoms with E-state index in [1.54, 1.807) is 35.8 Å². The van der Waals surface area contributed by atoms with Crippen molar-refractivity contribution in [1.29, 1.82) is 0 Å².